The van der Waals surface area contributed by atoms with E-state index in [1.807, 2.05) is 20.8 Å². The summed E-state index contributed by atoms with van der Waals surface area (Å²) in [7, 11) is -1.65. The first-order chi connectivity index (χ1) is 9.23. The van der Waals surface area contributed by atoms with E-state index in [2.05, 4.69) is 5.10 Å². The van der Waals surface area contributed by atoms with Gasteiger partial charge >= 0.3 is 0 Å². The van der Waals surface area contributed by atoms with E-state index in [0.717, 1.165) is 25.7 Å². The van der Waals surface area contributed by atoms with E-state index in [1.54, 1.807) is 22.2 Å². The number of aryl methyl sites for hydroxylation is 1. The van der Waals surface area contributed by atoms with Crippen LogP contribution in [0.3, 0.4) is 0 Å². The summed E-state index contributed by atoms with van der Waals surface area (Å²) < 4.78 is 29.0. The van der Waals surface area contributed by atoms with Gasteiger partial charge in [0.15, 0.2) is 0 Å². The lowest BCUT2D eigenvalue weighted by Crippen LogP contribution is -2.33. The van der Waals surface area contributed by atoms with Crippen LogP contribution in [0, 0.1) is 0 Å². The highest BCUT2D eigenvalue weighted by Crippen LogP contribution is 2.30. The third-order valence-corrected chi connectivity index (χ3v) is 5.59. The minimum absolute atomic E-state index is 0.282. The molecular formula is C14H25N3O2S. The van der Waals surface area contributed by atoms with E-state index >= 15 is 0 Å². The Bertz CT molecular complexity index is 562. The largest absolute Gasteiger partial charge is 0.274 e. The van der Waals surface area contributed by atoms with Crippen LogP contribution >= 0.6 is 0 Å². The van der Waals surface area contributed by atoms with Crippen molar-refractivity contribution < 1.29 is 8.42 Å². The minimum atomic E-state index is -3.43. The van der Waals surface area contributed by atoms with E-state index in [4.69, 9.17) is 0 Å². The smallest absolute Gasteiger partial charge is 0.246 e. The van der Waals surface area contributed by atoms with Gasteiger partial charge in [-0.3, -0.25) is 4.68 Å². The van der Waals surface area contributed by atoms with Gasteiger partial charge in [0.2, 0.25) is 10.0 Å². The summed E-state index contributed by atoms with van der Waals surface area (Å²) >= 11 is 0. The normalized spacial score (nSPS) is 19.0. The Hall–Kier alpha value is -0.880. The lowest BCUT2D eigenvalue weighted by molar-refractivity contribution is 0.421. The maximum Gasteiger partial charge on any atom is 0.246 e. The summed E-state index contributed by atoms with van der Waals surface area (Å²) in [5.41, 5.74) is 0.374. The monoisotopic (exact) mass is 299 g/mol. The van der Waals surface area contributed by atoms with Crippen molar-refractivity contribution in [1.82, 2.24) is 14.1 Å². The molecule has 1 aliphatic heterocycles. The van der Waals surface area contributed by atoms with Crippen molar-refractivity contribution in [1.29, 1.82) is 0 Å². The van der Waals surface area contributed by atoms with Crippen LogP contribution in [-0.2, 0) is 22.5 Å². The van der Waals surface area contributed by atoms with Crippen LogP contribution in [0.5, 0.6) is 0 Å². The molecule has 0 N–H and O–H groups in total. The zero-order chi connectivity index (χ0) is 15.0. The number of sulfonamides is 1. The van der Waals surface area contributed by atoms with Crippen molar-refractivity contribution in [3.63, 3.8) is 0 Å². The van der Waals surface area contributed by atoms with Gasteiger partial charge in [-0.05, 0) is 12.8 Å². The van der Waals surface area contributed by atoms with Crippen molar-refractivity contribution in [2.45, 2.75) is 56.8 Å². The average Bonchev–Trinajstić information content (AvgIpc) is 2.59. The molecule has 1 aromatic rings. The van der Waals surface area contributed by atoms with E-state index < -0.39 is 10.0 Å². The van der Waals surface area contributed by atoms with Crippen molar-refractivity contribution in [2.24, 2.45) is 7.05 Å². The second kappa shape index (κ2) is 5.48. The molecule has 0 spiro atoms. The molecular weight excluding hydrogens is 274 g/mol. The van der Waals surface area contributed by atoms with Crippen molar-refractivity contribution in [3.05, 3.63) is 11.9 Å². The van der Waals surface area contributed by atoms with E-state index in [1.165, 1.54) is 0 Å². The summed E-state index contributed by atoms with van der Waals surface area (Å²) in [5.74, 6) is 0. The molecule has 114 valence electrons. The Labute approximate surface area is 122 Å². The molecule has 2 heterocycles. The van der Waals surface area contributed by atoms with Gasteiger partial charge in [-0.15, -0.1) is 0 Å². The van der Waals surface area contributed by atoms with E-state index in [0.29, 0.717) is 23.7 Å². The molecule has 1 fully saturated rings. The number of aromatic nitrogens is 2. The third-order valence-electron chi connectivity index (χ3n) is 3.69. The number of hydrogen-bond donors (Lipinski definition) is 0. The molecule has 0 atom stereocenters. The average molecular weight is 299 g/mol. The first-order valence-corrected chi connectivity index (χ1v) is 8.71. The maximum atomic E-state index is 12.9. The highest BCUT2D eigenvalue weighted by atomic mass is 32.2. The van der Waals surface area contributed by atoms with E-state index in [-0.39, 0.29) is 5.41 Å². The van der Waals surface area contributed by atoms with Gasteiger partial charge in [0.05, 0.1) is 5.69 Å². The van der Waals surface area contributed by atoms with E-state index in [9.17, 15) is 8.42 Å². The molecule has 1 saturated heterocycles. The second-order valence-corrected chi connectivity index (χ2v) is 8.49. The quantitative estimate of drug-likeness (QED) is 0.842. The molecule has 0 saturated carbocycles. The molecule has 0 amide bonds. The molecule has 6 heteroatoms. The summed E-state index contributed by atoms with van der Waals surface area (Å²) in [6, 6.07) is 0. The molecule has 20 heavy (non-hydrogen) atoms. The highest BCUT2D eigenvalue weighted by Gasteiger charge is 2.33. The Morgan fingerprint density at radius 2 is 1.65 bits per heavy atom. The Balaban J connectivity index is 2.43. The van der Waals surface area contributed by atoms with Crippen molar-refractivity contribution in [3.8, 4) is 0 Å². The zero-order valence-corrected chi connectivity index (χ0v) is 13.7. The lowest BCUT2D eigenvalue weighted by Gasteiger charge is -2.22. The summed E-state index contributed by atoms with van der Waals surface area (Å²) in [6.45, 7) is 7.24. The molecule has 1 aliphatic rings. The van der Waals surface area contributed by atoms with Crippen LogP contribution in [0.1, 0.15) is 52.1 Å². The highest BCUT2D eigenvalue weighted by molar-refractivity contribution is 7.89. The van der Waals surface area contributed by atoms with Crippen molar-refractivity contribution in [2.75, 3.05) is 13.1 Å². The molecule has 0 aromatic carbocycles. The molecule has 0 aliphatic carbocycles. The van der Waals surface area contributed by atoms with Gasteiger partial charge in [0, 0.05) is 31.7 Å². The fourth-order valence-electron chi connectivity index (χ4n) is 2.60. The fraction of sp³-hybridized carbons (Fsp3) is 0.786. The minimum Gasteiger partial charge on any atom is -0.274 e. The zero-order valence-electron chi connectivity index (χ0n) is 12.9. The predicted octanol–water partition coefficient (Wildman–Crippen LogP) is 2.28. The first-order valence-electron chi connectivity index (χ1n) is 7.27. The van der Waals surface area contributed by atoms with Crippen LogP contribution in [0.4, 0.5) is 0 Å². The molecule has 0 bridgehead atoms. The third kappa shape index (κ3) is 3.06. The Morgan fingerprint density at radius 3 is 2.15 bits per heavy atom. The summed E-state index contributed by atoms with van der Waals surface area (Å²) in [5, 5.41) is 4.38. The van der Waals surface area contributed by atoms with Crippen molar-refractivity contribution >= 4 is 10.0 Å². The van der Waals surface area contributed by atoms with Crippen LogP contribution in [-0.4, -0.2) is 35.6 Å². The van der Waals surface area contributed by atoms with Crippen LogP contribution in [0.25, 0.3) is 0 Å². The number of hydrogen-bond acceptors (Lipinski definition) is 3. The SMILES string of the molecule is Cn1cc(S(=O)(=O)N2CCCCCC2)c(C(C)(C)C)n1. The molecule has 0 radical (unpaired) electrons. The van der Waals surface area contributed by atoms with Crippen LogP contribution in [0.15, 0.2) is 11.1 Å². The van der Waals surface area contributed by atoms with Gasteiger partial charge in [0.25, 0.3) is 0 Å². The maximum absolute atomic E-state index is 12.9. The van der Waals surface area contributed by atoms with Gasteiger partial charge < -0.3 is 0 Å². The lowest BCUT2D eigenvalue weighted by atomic mass is 9.92. The van der Waals surface area contributed by atoms with Gasteiger partial charge in [-0.2, -0.15) is 9.40 Å². The van der Waals surface area contributed by atoms with Crippen LogP contribution < -0.4 is 0 Å². The Kier molecular flexibility index (Phi) is 4.25. The second-order valence-electron chi connectivity index (χ2n) is 6.58. The topological polar surface area (TPSA) is 55.2 Å². The molecule has 0 unspecified atom stereocenters. The van der Waals surface area contributed by atoms with Crippen LogP contribution in [0.2, 0.25) is 0 Å². The van der Waals surface area contributed by atoms with Gasteiger partial charge in [0.1, 0.15) is 4.90 Å². The molecule has 1 aromatic heterocycles. The molecule has 5 nitrogen and oxygen atoms in total. The summed E-state index contributed by atoms with van der Waals surface area (Å²) in [6.07, 6.45) is 5.77. The van der Waals surface area contributed by atoms with Gasteiger partial charge in [-0.1, -0.05) is 33.6 Å². The summed E-state index contributed by atoms with van der Waals surface area (Å²) in [4.78, 5) is 0.370. The number of rotatable bonds is 2. The number of nitrogens with zero attached hydrogens (tertiary/aromatic N) is 3. The molecule has 2 rings (SSSR count). The first kappa shape index (κ1) is 15.5. The predicted molar refractivity (Wildman–Crippen MR) is 79.1 cm³/mol. The van der Waals surface area contributed by atoms with Gasteiger partial charge in [-0.25, -0.2) is 8.42 Å². The Morgan fingerprint density at radius 1 is 1.10 bits per heavy atom. The standard InChI is InChI=1S/C14H25N3O2S/c1-14(2,3)13-12(11-16(4)15-13)20(18,19)17-9-7-5-6-8-10-17/h11H,5-10H2,1-4H3. The fourth-order valence-corrected chi connectivity index (χ4v) is 4.49.